The highest BCUT2D eigenvalue weighted by molar-refractivity contribution is 5.73. The number of aliphatic hydroxyl groups is 1. The summed E-state index contributed by atoms with van der Waals surface area (Å²) < 4.78 is 5.48. The van der Waals surface area contributed by atoms with Crippen molar-refractivity contribution in [3.05, 3.63) is 29.3 Å². The quantitative estimate of drug-likeness (QED) is 0.720. The Hall–Kier alpha value is -1.75. The van der Waals surface area contributed by atoms with E-state index in [4.69, 9.17) is 4.74 Å². The number of urea groups is 1. The Morgan fingerprint density at radius 1 is 1.41 bits per heavy atom. The number of amides is 2. The highest BCUT2D eigenvalue weighted by Gasteiger charge is 2.14. The Labute approximate surface area is 132 Å². The fraction of sp³-hybridized carbons (Fsp3) is 0.588. The molecule has 5 heteroatoms. The summed E-state index contributed by atoms with van der Waals surface area (Å²) in [5.41, 5.74) is 2.45. The zero-order valence-electron chi connectivity index (χ0n) is 13.4. The smallest absolute Gasteiger partial charge is 0.314 e. The third-order valence-corrected chi connectivity index (χ3v) is 4.23. The first-order chi connectivity index (χ1) is 10.6. The fourth-order valence-corrected chi connectivity index (χ4v) is 2.45. The van der Waals surface area contributed by atoms with Crippen LogP contribution in [0.3, 0.4) is 0 Å². The highest BCUT2D eigenvalue weighted by atomic mass is 16.5. The van der Waals surface area contributed by atoms with Crippen molar-refractivity contribution in [2.24, 2.45) is 5.92 Å². The van der Waals surface area contributed by atoms with Crippen molar-refractivity contribution in [2.75, 3.05) is 19.7 Å². The molecule has 0 radical (unpaired) electrons. The summed E-state index contributed by atoms with van der Waals surface area (Å²) in [5.74, 6) is 1.17. The van der Waals surface area contributed by atoms with Crippen molar-refractivity contribution >= 4 is 6.03 Å². The van der Waals surface area contributed by atoms with E-state index in [0.29, 0.717) is 6.54 Å². The minimum Gasteiger partial charge on any atom is -0.493 e. The van der Waals surface area contributed by atoms with Crippen molar-refractivity contribution in [1.29, 1.82) is 0 Å². The third-order valence-electron chi connectivity index (χ3n) is 4.23. The van der Waals surface area contributed by atoms with Crippen LogP contribution in [-0.4, -0.2) is 36.9 Å². The third kappa shape index (κ3) is 4.63. The van der Waals surface area contributed by atoms with Gasteiger partial charge in [0.05, 0.1) is 12.7 Å². The lowest BCUT2D eigenvalue weighted by Crippen LogP contribution is -2.42. The SMILES string of the molecule is CCC(C)C(O)CNC(=O)NCCc1ccc2c(c1)CCO2. The molecule has 5 nitrogen and oxygen atoms in total. The summed E-state index contributed by atoms with van der Waals surface area (Å²) >= 11 is 0. The molecule has 0 saturated carbocycles. The number of hydrogen-bond donors (Lipinski definition) is 3. The standard InChI is InChI=1S/C17H26N2O3/c1-3-12(2)15(20)11-19-17(21)18-8-6-13-4-5-16-14(10-13)7-9-22-16/h4-5,10,12,15,20H,3,6-9,11H2,1-2H3,(H2,18,19,21). The van der Waals surface area contributed by atoms with Crippen LogP contribution in [0.5, 0.6) is 5.75 Å². The molecule has 1 aliphatic heterocycles. The Bertz CT molecular complexity index is 505. The summed E-state index contributed by atoms with van der Waals surface area (Å²) in [6, 6.07) is 5.96. The first-order valence-electron chi connectivity index (χ1n) is 8.04. The van der Waals surface area contributed by atoms with Crippen LogP contribution >= 0.6 is 0 Å². The van der Waals surface area contributed by atoms with E-state index in [-0.39, 0.29) is 18.5 Å². The number of fused-ring (bicyclic) bond motifs is 1. The fourth-order valence-electron chi connectivity index (χ4n) is 2.45. The number of carbonyl (C=O) groups is 1. The number of hydrogen-bond acceptors (Lipinski definition) is 3. The molecule has 1 heterocycles. The van der Waals surface area contributed by atoms with Crippen molar-refractivity contribution in [3.8, 4) is 5.75 Å². The van der Waals surface area contributed by atoms with Gasteiger partial charge >= 0.3 is 6.03 Å². The second kappa shape index (κ2) is 8.03. The van der Waals surface area contributed by atoms with Crippen molar-refractivity contribution in [1.82, 2.24) is 10.6 Å². The maximum atomic E-state index is 11.7. The van der Waals surface area contributed by atoms with Gasteiger partial charge in [0.2, 0.25) is 0 Å². The van der Waals surface area contributed by atoms with Crippen LogP contribution in [0.25, 0.3) is 0 Å². The molecule has 0 fully saturated rings. The van der Waals surface area contributed by atoms with E-state index in [1.165, 1.54) is 11.1 Å². The van der Waals surface area contributed by atoms with Crippen LogP contribution in [0.15, 0.2) is 18.2 Å². The first kappa shape index (κ1) is 16.6. The molecule has 2 rings (SSSR count). The predicted octanol–water partition coefficient (Wildman–Crippen LogP) is 1.87. The van der Waals surface area contributed by atoms with Crippen LogP contribution in [-0.2, 0) is 12.8 Å². The molecule has 2 atom stereocenters. The predicted molar refractivity (Wildman–Crippen MR) is 86.2 cm³/mol. The van der Waals surface area contributed by atoms with E-state index >= 15 is 0 Å². The molecule has 0 bridgehead atoms. The Morgan fingerprint density at radius 2 is 2.23 bits per heavy atom. The Kier molecular flexibility index (Phi) is 6.07. The summed E-state index contributed by atoms with van der Waals surface area (Å²) in [5, 5.41) is 15.3. The van der Waals surface area contributed by atoms with Gasteiger partial charge in [-0.15, -0.1) is 0 Å². The first-order valence-corrected chi connectivity index (χ1v) is 8.04. The molecule has 1 aromatic rings. The molecule has 3 N–H and O–H groups in total. The number of aliphatic hydroxyl groups excluding tert-OH is 1. The summed E-state index contributed by atoms with van der Waals surface area (Å²) in [6.07, 6.45) is 2.15. The number of ether oxygens (including phenoxy) is 1. The van der Waals surface area contributed by atoms with Gasteiger partial charge in [0.1, 0.15) is 5.75 Å². The van der Waals surface area contributed by atoms with Crippen LogP contribution in [0.1, 0.15) is 31.4 Å². The molecule has 2 unspecified atom stereocenters. The van der Waals surface area contributed by atoms with E-state index in [1.54, 1.807) is 0 Å². The van der Waals surface area contributed by atoms with Crippen LogP contribution in [0.2, 0.25) is 0 Å². The molecular formula is C17H26N2O3. The van der Waals surface area contributed by atoms with Gasteiger partial charge in [-0.2, -0.15) is 0 Å². The molecule has 0 aromatic heterocycles. The molecular weight excluding hydrogens is 280 g/mol. The van der Waals surface area contributed by atoms with Crippen molar-refractivity contribution in [3.63, 3.8) is 0 Å². The molecule has 2 amide bonds. The van der Waals surface area contributed by atoms with Crippen molar-refractivity contribution in [2.45, 2.75) is 39.2 Å². The van der Waals surface area contributed by atoms with E-state index in [2.05, 4.69) is 16.7 Å². The number of rotatable bonds is 7. The zero-order valence-corrected chi connectivity index (χ0v) is 13.4. The molecule has 0 aliphatic carbocycles. The van der Waals surface area contributed by atoms with Gasteiger partial charge in [0.15, 0.2) is 0 Å². The minimum absolute atomic E-state index is 0.189. The van der Waals surface area contributed by atoms with Crippen LogP contribution < -0.4 is 15.4 Å². The highest BCUT2D eigenvalue weighted by Crippen LogP contribution is 2.25. The van der Waals surface area contributed by atoms with Crippen LogP contribution in [0, 0.1) is 5.92 Å². The topological polar surface area (TPSA) is 70.6 Å². The van der Waals surface area contributed by atoms with Crippen molar-refractivity contribution < 1.29 is 14.6 Å². The second-order valence-electron chi connectivity index (χ2n) is 5.88. The number of benzene rings is 1. The number of carbonyl (C=O) groups excluding carboxylic acids is 1. The van der Waals surface area contributed by atoms with Crippen LogP contribution in [0.4, 0.5) is 4.79 Å². The average molecular weight is 306 g/mol. The lowest BCUT2D eigenvalue weighted by atomic mass is 10.0. The van der Waals surface area contributed by atoms with Gasteiger partial charge in [-0.05, 0) is 29.5 Å². The van der Waals surface area contributed by atoms with E-state index in [0.717, 1.165) is 31.6 Å². The zero-order chi connectivity index (χ0) is 15.9. The van der Waals surface area contributed by atoms with Gasteiger partial charge in [-0.1, -0.05) is 32.4 Å². The van der Waals surface area contributed by atoms with Gasteiger partial charge in [-0.25, -0.2) is 4.79 Å². The Balaban J connectivity index is 1.67. The van der Waals surface area contributed by atoms with Gasteiger partial charge in [0, 0.05) is 19.5 Å². The molecule has 1 aromatic carbocycles. The largest absolute Gasteiger partial charge is 0.493 e. The van der Waals surface area contributed by atoms with E-state index in [9.17, 15) is 9.90 Å². The molecule has 0 saturated heterocycles. The molecule has 0 spiro atoms. The maximum Gasteiger partial charge on any atom is 0.314 e. The average Bonchev–Trinajstić information content (AvgIpc) is 2.99. The van der Waals surface area contributed by atoms with Gasteiger partial charge < -0.3 is 20.5 Å². The second-order valence-corrected chi connectivity index (χ2v) is 5.88. The summed E-state index contributed by atoms with van der Waals surface area (Å²) in [4.78, 5) is 11.7. The normalized spacial score (nSPS) is 15.6. The number of nitrogens with one attached hydrogen (secondary N) is 2. The monoisotopic (exact) mass is 306 g/mol. The lowest BCUT2D eigenvalue weighted by Gasteiger charge is -2.17. The molecule has 22 heavy (non-hydrogen) atoms. The maximum absolute atomic E-state index is 11.7. The minimum atomic E-state index is -0.493. The van der Waals surface area contributed by atoms with E-state index < -0.39 is 6.10 Å². The lowest BCUT2D eigenvalue weighted by molar-refractivity contribution is 0.114. The van der Waals surface area contributed by atoms with Gasteiger partial charge in [0.25, 0.3) is 0 Å². The molecule has 1 aliphatic rings. The molecule has 122 valence electrons. The Morgan fingerprint density at radius 3 is 3.00 bits per heavy atom. The van der Waals surface area contributed by atoms with Gasteiger partial charge in [-0.3, -0.25) is 0 Å². The summed E-state index contributed by atoms with van der Waals surface area (Å²) in [7, 11) is 0. The van der Waals surface area contributed by atoms with E-state index in [1.807, 2.05) is 26.0 Å². The summed E-state index contributed by atoms with van der Waals surface area (Å²) in [6.45, 7) is 5.62.